The highest BCUT2D eigenvalue weighted by molar-refractivity contribution is 6.07. The second kappa shape index (κ2) is 6.44. The van der Waals surface area contributed by atoms with E-state index in [1.807, 2.05) is 42.5 Å². The molecule has 5 heteroatoms. The Morgan fingerprint density at radius 1 is 1.04 bits per heavy atom. The molecule has 5 nitrogen and oxygen atoms in total. The Bertz CT molecular complexity index is 822. The molecule has 3 aromatic rings. The van der Waals surface area contributed by atoms with Crippen LogP contribution in [0.2, 0.25) is 0 Å². The van der Waals surface area contributed by atoms with Crippen molar-refractivity contribution in [3.63, 3.8) is 0 Å². The molecule has 0 saturated heterocycles. The van der Waals surface area contributed by atoms with Gasteiger partial charge in [-0.25, -0.2) is 0 Å². The van der Waals surface area contributed by atoms with Crippen molar-refractivity contribution in [3.8, 4) is 11.5 Å². The number of fused-ring (bicyclic) bond motifs is 1. The Kier molecular flexibility index (Phi) is 4.19. The minimum atomic E-state index is -0.125. The van der Waals surface area contributed by atoms with Crippen molar-refractivity contribution in [3.05, 3.63) is 59.8 Å². The van der Waals surface area contributed by atoms with E-state index in [0.29, 0.717) is 12.1 Å². The second-order valence-corrected chi connectivity index (χ2v) is 5.14. The quantitative estimate of drug-likeness (QED) is 0.761. The summed E-state index contributed by atoms with van der Waals surface area (Å²) in [4.78, 5) is 15.5. The number of amides is 1. The van der Waals surface area contributed by atoms with Gasteiger partial charge in [0.25, 0.3) is 5.91 Å². The molecule has 2 aromatic carbocycles. The van der Waals surface area contributed by atoms with E-state index in [-0.39, 0.29) is 5.91 Å². The van der Waals surface area contributed by atoms with E-state index in [0.717, 1.165) is 28.0 Å². The number of H-pyrrole nitrogens is 1. The lowest BCUT2D eigenvalue weighted by Gasteiger charge is -2.06. The fraction of sp³-hybridized carbons (Fsp3) is 0.167. The minimum Gasteiger partial charge on any atom is -0.497 e. The monoisotopic (exact) mass is 310 g/mol. The van der Waals surface area contributed by atoms with E-state index in [1.54, 1.807) is 20.4 Å². The first-order valence-electron chi connectivity index (χ1n) is 7.27. The Hall–Kier alpha value is -2.95. The van der Waals surface area contributed by atoms with Crippen LogP contribution in [-0.4, -0.2) is 25.1 Å². The van der Waals surface area contributed by atoms with Gasteiger partial charge in [-0.05, 0) is 35.9 Å². The zero-order chi connectivity index (χ0) is 16.2. The van der Waals surface area contributed by atoms with Gasteiger partial charge in [-0.3, -0.25) is 4.79 Å². The van der Waals surface area contributed by atoms with Crippen molar-refractivity contribution < 1.29 is 14.3 Å². The van der Waals surface area contributed by atoms with Crippen molar-refractivity contribution in [1.82, 2.24) is 10.3 Å². The van der Waals surface area contributed by atoms with Crippen molar-refractivity contribution in [2.45, 2.75) is 6.54 Å². The molecule has 0 bridgehead atoms. The standard InChI is InChI=1S/C18H18N2O3/c1-22-13-5-3-12(4-6-13)10-20-18(21)16-11-19-17-8-7-14(23-2)9-15(16)17/h3-9,11,19H,10H2,1-2H3,(H,20,21). The Labute approximate surface area is 134 Å². The van der Waals surface area contributed by atoms with E-state index in [9.17, 15) is 4.79 Å². The van der Waals surface area contributed by atoms with Crippen LogP contribution < -0.4 is 14.8 Å². The smallest absolute Gasteiger partial charge is 0.253 e. The van der Waals surface area contributed by atoms with Crippen LogP contribution in [0.5, 0.6) is 11.5 Å². The number of hydrogen-bond donors (Lipinski definition) is 2. The van der Waals surface area contributed by atoms with Gasteiger partial charge in [-0.15, -0.1) is 0 Å². The van der Waals surface area contributed by atoms with Gasteiger partial charge < -0.3 is 19.8 Å². The van der Waals surface area contributed by atoms with Crippen LogP contribution in [0.15, 0.2) is 48.7 Å². The van der Waals surface area contributed by atoms with Crippen molar-refractivity contribution >= 4 is 16.8 Å². The summed E-state index contributed by atoms with van der Waals surface area (Å²) in [6, 6.07) is 13.2. The summed E-state index contributed by atoms with van der Waals surface area (Å²) < 4.78 is 10.3. The zero-order valence-electron chi connectivity index (χ0n) is 13.1. The van der Waals surface area contributed by atoms with Crippen LogP contribution >= 0.6 is 0 Å². The first-order chi connectivity index (χ1) is 11.2. The van der Waals surface area contributed by atoms with E-state index in [1.165, 1.54) is 0 Å². The number of carbonyl (C=O) groups excluding carboxylic acids is 1. The van der Waals surface area contributed by atoms with Crippen LogP contribution in [0.1, 0.15) is 15.9 Å². The largest absolute Gasteiger partial charge is 0.497 e. The third-order valence-electron chi connectivity index (χ3n) is 3.75. The third-order valence-corrected chi connectivity index (χ3v) is 3.75. The number of benzene rings is 2. The van der Waals surface area contributed by atoms with Gasteiger partial charge in [0.2, 0.25) is 0 Å². The van der Waals surface area contributed by atoms with Gasteiger partial charge in [-0.2, -0.15) is 0 Å². The summed E-state index contributed by atoms with van der Waals surface area (Å²) in [5.41, 5.74) is 2.52. The molecule has 0 aliphatic carbocycles. The zero-order valence-corrected chi connectivity index (χ0v) is 13.1. The summed E-state index contributed by atoms with van der Waals surface area (Å²) in [5.74, 6) is 1.39. The second-order valence-electron chi connectivity index (χ2n) is 5.14. The highest BCUT2D eigenvalue weighted by Crippen LogP contribution is 2.23. The SMILES string of the molecule is COc1ccc(CNC(=O)c2c[nH]c3ccc(OC)cc23)cc1. The Balaban J connectivity index is 1.75. The number of nitrogens with one attached hydrogen (secondary N) is 2. The average molecular weight is 310 g/mol. The normalized spacial score (nSPS) is 10.5. The molecular weight excluding hydrogens is 292 g/mol. The fourth-order valence-electron chi connectivity index (χ4n) is 2.44. The van der Waals surface area contributed by atoms with Gasteiger partial charge in [0, 0.05) is 23.6 Å². The maximum absolute atomic E-state index is 12.4. The topological polar surface area (TPSA) is 63.3 Å². The van der Waals surface area contributed by atoms with Crippen molar-refractivity contribution in [1.29, 1.82) is 0 Å². The maximum atomic E-state index is 12.4. The Morgan fingerprint density at radius 2 is 1.74 bits per heavy atom. The van der Waals surface area contributed by atoms with E-state index in [4.69, 9.17) is 9.47 Å². The summed E-state index contributed by atoms with van der Waals surface area (Å²) in [6.45, 7) is 0.458. The lowest BCUT2D eigenvalue weighted by Crippen LogP contribution is -2.22. The highest BCUT2D eigenvalue weighted by atomic mass is 16.5. The maximum Gasteiger partial charge on any atom is 0.253 e. The number of hydrogen-bond acceptors (Lipinski definition) is 3. The van der Waals surface area contributed by atoms with Crippen LogP contribution in [0.3, 0.4) is 0 Å². The van der Waals surface area contributed by atoms with Gasteiger partial charge in [0.1, 0.15) is 11.5 Å². The summed E-state index contributed by atoms with van der Waals surface area (Å²) in [6.07, 6.45) is 1.72. The summed E-state index contributed by atoms with van der Waals surface area (Å²) in [7, 11) is 3.24. The van der Waals surface area contributed by atoms with Crippen LogP contribution in [-0.2, 0) is 6.54 Å². The van der Waals surface area contributed by atoms with Gasteiger partial charge in [0.05, 0.1) is 19.8 Å². The van der Waals surface area contributed by atoms with Gasteiger partial charge in [0.15, 0.2) is 0 Å². The molecule has 0 aliphatic rings. The average Bonchev–Trinajstić information content (AvgIpc) is 3.03. The van der Waals surface area contributed by atoms with Gasteiger partial charge in [-0.1, -0.05) is 12.1 Å². The highest BCUT2D eigenvalue weighted by Gasteiger charge is 2.12. The van der Waals surface area contributed by atoms with E-state index in [2.05, 4.69) is 10.3 Å². The molecule has 0 fully saturated rings. The van der Waals surface area contributed by atoms with Crippen LogP contribution in [0, 0.1) is 0 Å². The molecule has 0 spiro atoms. The molecule has 1 aromatic heterocycles. The number of aromatic nitrogens is 1. The first kappa shape index (κ1) is 15.0. The summed E-state index contributed by atoms with van der Waals surface area (Å²) >= 11 is 0. The van der Waals surface area contributed by atoms with Crippen LogP contribution in [0.25, 0.3) is 10.9 Å². The summed E-state index contributed by atoms with van der Waals surface area (Å²) in [5, 5.41) is 3.77. The molecule has 0 atom stereocenters. The number of carbonyl (C=O) groups is 1. The van der Waals surface area contributed by atoms with Crippen molar-refractivity contribution in [2.24, 2.45) is 0 Å². The number of ether oxygens (including phenoxy) is 2. The molecule has 1 heterocycles. The van der Waals surface area contributed by atoms with E-state index < -0.39 is 0 Å². The third kappa shape index (κ3) is 3.13. The molecule has 2 N–H and O–H groups in total. The molecule has 3 rings (SSSR count). The molecule has 0 radical (unpaired) electrons. The van der Waals surface area contributed by atoms with Gasteiger partial charge >= 0.3 is 0 Å². The lowest BCUT2D eigenvalue weighted by molar-refractivity contribution is 0.0952. The predicted octanol–water partition coefficient (Wildman–Crippen LogP) is 3.12. The first-order valence-corrected chi connectivity index (χ1v) is 7.27. The molecular formula is C18H18N2O3. The van der Waals surface area contributed by atoms with Crippen LogP contribution in [0.4, 0.5) is 0 Å². The van der Waals surface area contributed by atoms with Crippen molar-refractivity contribution in [2.75, 3.05) is 14.2 Å². The molecule has 23 heavy (non-hydrogen) atoms. The number of aromatic amines is 1. The Morgan fingerprint density at radius 3 is 2.43 bits per heavy atom. The minimum absolute atomic E-state index is 0.125. The number of methoxy groups -OCH3 is 2. The molecule has 0 saturated carbocycles. The predicted molar refractivity (Wildman–Crippen MR) is 89.0 cm³/mol. The molecule has 0 aliphatic heterocycles. The molecule has 118 valence electrons. The number of rotatable bonds is 5. The lowest BCUT2D eigenvalue weighted by atomic mass is 10.1. The molecule has 1 amide bonds. The van der Waals surface area contributed by atoms with E-state index >= 15 is 0 Å². The molecule has 0 unspecified atom stereocenters. The fourth-order valence-corrected chi connectivity index (χ4v) is 2.44.